The van der Waals surface area contributed by atoms with E-state index >= 15 is 0 Å². The van der Waals surface area contributed by atoms with Crippen LogP contribution in [0.2, 0.25) is 0 Å². The first-order valence-corrected chi connectivity index (χ1v) is 6.69. The first-order chi connectivity index (χ1) is 10.6. The van der Waals surface area contributed by atoms with Crippen LogP contribution < -0.4 is 14.8 Å². The van der Waals surface area contributed by atoms with Crippen LogP contribution in [0.15, 0.2) is 6.07 Å². The number of esters is 2. The molecule has 0 spiro atoms. The van der Waals surface area contributed by atoms with Gasteiger partial charge in [-0.25, -0.2) is 4.79 Å². The lowest BCUT2D eigenvalue weighted by molar-refractivity contribution is -0.140. The second-order valence-electron chi connectivity index (χ2n) is 4.51. The lowest BCUT2D eigenvalue weighted by Crippen LogP contribution is -2.48. The number of methoxy groups -OCH3 is 1. The number of carbonyl (C=O) groups excluding carboxylic acids is 2. The van der Waals surface area contributed by atoms with E-state index in [1.54, 1.807) is 6.92 Å². The maximum Gasteiger partial charge on any atom is 0.343 e. The smallest absolute Gasteiger partial charge is 0.343 e. The fraction of sp³-hybridized carbons (Fsp3) is 0.429. The Balaban J connectivity index is 2.32. The van der Waals surface area contributed by atoms with Crippen LogP contribution in [-0.2, 0) is 9.53 Å². The molecular formula is C14H15N3O5. The lowest BCUT2D eigenvalue weighted by Gasteiger charge is -2.24. The van der Waals surface area contributed by atoms with Crippen molar-refractivity contribution in [2.45, 2.75) is 6.92 Å². The zero-order valence-corrected chi connectivity index (χ0v) is 12.2. The molecule has 0 radical (unpaired) electrons. The molecule has 8 nitrogen and oxygen atoms in total. The molecule has 0 aromatic carbocycles. The summed E-state index contributed by atoms with van der Waals surface area (Å²) in [6.07, 6.45) is 0. The van der Waals surface area contributed by atoms with Gasteiger partial charge in [0.25, 0.3) is 0 Å². The van der Waals surface area contributed by atoms with Crippen molar-refractivity contribution in [1.82, 2.24) is 10.3 Å². The third-order valence-electron chi connectivity index (χ3n) is 3.07. The van der Waals surface area contributed by atoms with Crippen LogP contribution in [0.25, 0.3) is 0 Å². The number of ether oxygens (including phenoxy) is 3. The summed E-state index contributed by atoms with van der Waals surface area (Å²) >= 11 is 0. The van der Waals surface area contributed by atoms with E-state index in [0.29, 0.717) is 13.1 Å². The fourth-order valence-electron chi connectivity index (χ4n) is 1.78. The van der Waals surface area contributed by atoms with E-state index in [-0.39, 0.29) is 35.4 Å². The van der Waals surface area contributed by atoms with Gasteiger partial charge in [-0.15, -0.1) is 0 Å². The predicted octanol–water partition coefficient (Wildman–Crippen LogP) is 0.263. The zero-order chi connectivity index (χ0) is 16.1. The van der Waals surface area contributed by atoms with E-state index in [4.69, 9.17) is 19.5 Å². The van der Waals surface area contributed by atoms with Crippen molar-refractivity contribution in [2.24, 2.45) is 5.92 Å². The number of hydrogen-bond donors (Lipinski definition) is 1. The third kappa shape index (κ3) is 3.15. The summed E-state index contributed by atoms with van der Waals surface area (Å²) in [4.78, 5) is 27.6. The number of nitriles is 1. The summed E-state index contributed by atoms with van der Waals surface area (Å²) < 4.78 is 15.0. The maximum atomic E-state index is 11.8. The van der Waals surface area contributed by atoms with Crippen molar-refractivity contribution in [3.05, 3.63) is 17.2 Å². The SMILES string of the molecule is CCOC(=O)c1cc(C#N)c(OC(=O)C2CNC2)nc1OC. The van der Waals surface area contributed by atoms with Gasteiger partial charge < -0.3 is 19.5 Å². The molecule has 2 heterocycles. The predicted molar refractivity (Wildman–Crippen MR) is 73.5 cm³/mol. The Morgan fingerprint density at radius 2 is 2.18 bits per heavy atom. The van der Waals surface area contributed by atoms with Crippen LogP contribution in [0.5, 0.6) is 11.8 Å². The molecule has 2 rings (SSSR count). The molecular weight excluding hydrogens is 290 g/mol. The molecule has 1 fully saturated rings. The molecule has 116 valence electrons. The van der Waals surface area contributed by atoms with Gasteiger partial charge in [0, 0.05) is 13.1 Å². The molecule has 1 saturated heterocycles. The summed E-state index contributed by atoms with van der Waals surface area (Å²) in [5, 5.41) is 12.1. The largest absolute Gasteiger partial charge is 0.480 e. The summed E-state index contributed by atoms with van der Waals surface area (Å²) in [5.41, 5.74) is -0.0319. The number of hydrogen-bond acceptors (Lipinski definition) is 8. The average molecular weight is 305 g/mol. The molecule has 0 aliphatic carbocycles. The van der Waals surface area contributed by atoms with Crippen molar-refractivity contribution in [3.63, 3.8) is 0 Å². The number of nitrogens with one attached hydrogen (secondary N) is 1. The Hall–Kier alpha value is -2.66. The Morgan fingerprint density at radius 3 is 2.68 bits per heavy atom. The van der Waals surface area contributed by atoms with Crippen molar-refractivity contribution >= 4 is 11.9 Å². The molecule has 0 saturated carbocycles. The molecule has 0 atom stereocenters. The molecule has 1 aliphatic rings. The number of aromatic nitrogens is 1. The van der Waals surface area contributed by atoms with Crippen LogP contribution in [0.1, 0.15) is 22.8 Å². The Bertz CT molecular complexity index is 634. The van der Waals surface area contributed by atoms with Gasteiger partial charge in [0.15, 0.2) is 0 Å². The third-order valence-corrected chi connectivity index (χ3v) is 3.07. The van der Waals surface area contributed by atoms with Gasteiger partial charge >= 0.3 is 11.9 Å². The van der Waals surface area contributed by atoms with Gasteiger partial charge in [0.05, 0.1) is 19.6 Å². The molecule has 1 aromatic rings. The average Bonchev–Trinajstić information content (AvgIpc) is 2.45. The second kappa shape index (κ2) is 6.87. The van der Waals surface area contributed by atoms with E-state index in [9.17, 15) is 9.59 Å². The van der Waals surface area contributed by atoms with E-state index < -0.39 is 11.9 Å². The Labute approximate surface area is 127 Å². The van der Waals surface area contributed by atoms with Crippen LogP contribution in [0.4, 0.5) is 0 Å². The number of nitrogens with zero attached hydrogens (tertiary/aromatic N) is 2. The van der Waals surface area contributed by atoms with Crippen LogP contribution in [0.3, 0.4) is 0 Å². The molecule has 8 heteroatoms. The van der Waals surface area contributed by atoms with Crippen LogP contribution >= 0.6 is 0 Å². The topological polar surface area (TPSA) is 111 Å². The Morgan fingerprint density at radius 1 is 1.45 bits per heavy atom. The van der Waals surface area contributed by atoms with Crippen LogP contribution in [0, 0.1) is 17.2 Å². The van der Waals surface area contributed by atoms with E-state index in [1.165, 1.54) is 13.2 Å². The van der Waals surface area contributed by atoms with Gasteiger partial charge in [-0.3, -0.25) is 4.79 Å². The fourth-order valence-corrected chi connectivity index (χ4v) is 1.78. The van der Waals surface area contributed by atoms with Crippen molar-refractivity contribution in [1.29, 1.82) is 5.26 Å². The summed E-state index contributed by atoms with van der Waals surface area (Å²) in [5.74, 6) is -1.64. The lowest BCUT2D eigenvalue weighted by atomic mass is 10.0. The van der Waals surface area contributed by atoms with Gasteiger partial charge in [-0.1, -0.05) is 0 Å². The van der Waals surface area contributed by atoms with Crippen molar-refractivity contribution in [3.8, 4) is 17.8 Å². The molecule has 0 unspecified atom stereocenters. The van der Waals surface area contributed by atoms with Gasteiger partial charge in [-0.2, -0.15) is 10.2 Å². The second-order valence-corrected chi connectivity index (χ2v) is 4.51. The normalized spacial score (nSPS) is 13.7. The van der Waals surface area contributed by atoms with Gasteiger partial charge in [0.2, 0.25) is 11.8 Å². The number of pyridine rings is 1. The van der Waals surface area contributed by atoms with Gasteiger partial charge in [0.1, 0.15) is 17.2 Å². The first kappa shape index (κ1) is 15.7. The molecule has 1 aliphatic heterocycles. The highest BCUT2D eigenvalue weighted by molar-refractivity contribution is 5.92. The van der Waals surface area contributed by atoms with Crippen LogP contribution in [-0.4, -0.2) is 43.7 Å². The summed E-state index contributed by atoms with van der Waals surface area (Å²) in [7, 11) is 1.32. The molecule has 1 N–H and O–H groups in total. The minimum atomic E-state index is -0.663. The number of rotatable bonds is 5. The summed E-state index contributed by atoms with van der Waals surface area (Å²) in [6, 6.07) is 3.09. The van der Waals surface area contributed by atoms with E-state index in [0.717, 1.165) is 0 Å². The highest BCUT2D eigenvalue weighted by Gasteiger charge is 2.29. The molecule has 0 bridgehead atoms. The Kier molecular flexibility index (Phi) is 4.91. The zero-order valence-electron chi connectivity index (χ0n) is 12.2. The molecule has 22 heavy (non-hydrogen) atoms. The van der Waals surface area contributed by atoms with Gasteiger partial charge in [-0.05, 0) is 13.0 Å². The maximum absolute atomic E-state index is 11.8. The van der Waals surface area contributed by atoms with E-state index in [1.807, 2.05) is 6.07 Å². The van der Waals surface area contributed by atoms with E-state index in [2.05, 4.69) is 10.3 Å². The standard InChI is InChI=1S/C14H15N3O5/c1-3-21-14(19)10-4-8(5-15)11(17-12(10)20-2)22-13(18)9-6-16-7-9/h4,9,16H,3,6-7H2,1-2H3. The summed E-state index contributed by atoms with van der Waals surface area (Å²) in [6.45, 7) is 2.89. The van der Waals surface area contributed by atoms with Crippen molar-refractivity contribution < 1.29 is 23.8 Å². The quantitative estimate of drug-likeness (QED) is 0.771. The first-order valence-electron chi connectivity index (χ1n) is 6.69. The molecule has 1 aromatic heterocycles. The minimum absolute atomic E-state index is 0.00556. The monoisotopic (exact) mass is 305 g/mol. The number of carbonyl (C=O) groups is 2. The minimum Gasteiger partial charge on any atom is -0.480 e. The highest BCUT2D eigenvalue weighted by Crippen LogP contribution is 2.26. The highest BCUT2D eigenvalue weighted by atomic mass is 16.6. The molecule has 0 amide bonds. The van der Waals surface area contributed by atoms with Crippen molar-refractivity contribution in [2.75, 3.05) is 26.8 Å².